The van der Waals surface area contributed by atoms with Crippen molar-refractivity contribution in [1.82, 2.24) is 0 Å². The van der Waals surface area contributed by atoms with Gasteiger partial charge in [-0.3, -0.25) is 9.59 Å². The van der Waals surface area contributed by atoms with Crippen LogP contribution in [0.25, 0.3) is 0 Å². The van der Waals surface area contributed by atoms with E-state index in [2.05, 4.69) is 130 Å². The Morgan fingerprint density at radius 1 is 0.333 bits per heavy atom. The Kier molecular flexibility index (Phi) is 53.0. The van der Waals surface area contributed by atoms with E-state index in [-0.39, 0.29) is 25.2 Å². The van der Waals surface area contributed by atoms with Crippen molar-refractivity contribution >= 4 is 11.9 Å². The fraction of sp³-hybridized carbons (Fsp3) is 0.672. The molecule has 0 aromatic heterocycles. The minimum atomic E-state index is -0.450. The number of ether oxygens (including phenoxy) is 3. The maximum Gasteiger partial charge on any atom is 0.305 e. The van der Waals surface area contributed by atoms with E-state index in [1.54, 1.807) is 0 Å². The Morgan fingerprint density at radius 3 is 0.970 bits per heavy atom. The molecular weight excluding hydrogens is 813 g/mol. The summed E-state index contributed by atoms with van der Waals surface area (Å²) in [5, 5.41) is 0. The van der Waals surface area contributed by atoms with Crippen LogP contribution in [0.15, 0.2) is 109 Å². The van der Waals surface area contributed by atoms with Gasteiger partial charge in [-0.2, -0.15) is 0 Å². The summed E-state index contributed by atoms with van der Waals surface area (Å²) in [6.45, 7) is 7.47. The molecule has 0 bridgehead atoms. The smallest absolute Gasteiger partial charge is 0.305 e. The van der Waals surface area contributed by atoms with Crippen LogP contribution in [0.2, 0.25) is 0 Å². The van der Waals surface area contributed by atoms with Crippen LogP contribution in [0.3, 0.4) is 0 Å². The summed E-state index contributed by atoms with van der Waals surface area (Å²) in [5.41, 5.74) is 0. The van der Waals surface area contributed by atoms with Crippen LogP contribution in [0.1, 0.15) is 239 Å². The van der Waals surface area contributed by atoms with Crippen LogP contribution in [-0.2, 0) is 23.8 Å². The molecule has 0 aliphatic rings. The second kappa shape index (κ2) is 55.9. The molecule has 0 amide bonds. The highest BCUT2D eigenvalue weighted by molar-refractivity contribution is 5.69. The minimum Gasteiger partial charge on any atom is -0.463 e. The molecule has 0 aliphatic heterocycles. The lowest BCUT2D eigenvalue weighted by Gasteiger charge is -2.18. The molecule has 0 aromatic rings. The zero-order chi connectivity index (χ0) is 47.7. The largest absolute Gasteiger partial charge is 0.463 e. The Bertz CT molecular complexity index is 1310. The summed E-state index contributed by atoms with van der Waals surface area (Å²) in [6, 6.07) is 0. The van der Waals surface area contributed by atoms with Crippen molar-refractivity contribution in [2.45, 2.75) is 245 Å². The average molecular weight is 915 g/mol. The van der Waals surface area contributed by atoms with E-state index >= 15 is 0 Å². The molecule has 0 N–H and O–H groups in total. The Labute approximate surface area is 408 Å². The summed E-state index contributed by atoms with van der Waals surface area (Å²) in [4.78, 5) is 25.2. The number of esters is 2. The van der Waals surface area contributed by atoms with Gasteiger partial charge in [-0.1, -0.05) is 239 Å². The lowest BCUT2D eigenvalue weighted by atomic mass is 10.0. The molecule has 1 atom stereocenters. The summed E-state index contributed by atoms with van der Waals surface area (Å²) < 4.78 is 17.4. The van der Waals surface area contributed by atoms with Crippen LogP contribution >= 0.6 is 0 Å². The third-order valence-corrected chi connectivity index (χ3v) is 11.3. The molecule has 376 valence electrons. The predicted octanol–water partition coefficient (Wildman–Crippen LogP) is 18.8. The summed E-state index contributed by atoms with van der Waals surface area (Å²) >= 11 is 0. The SMILES string of the molecule is CC/C=C\C/C=C\C/C=C\C/C=C\C/C=C\CCCC(=O)OC[C@H](COC(=O)CCC/C=C\C/C=C\C/C=C\C/C=C\CCCCC)OCCCCCCCCCCCCCCCCCC. The van der Waals surface area contributed by atoms with Crippen molar-refractivity contribution in [2.75, 3.05) is 19.8 Å². The Balaban J connectivity index is 4.45. The van der Waals surface area contributed by atoms with Crippen molar-refractivity contribution in [3.05, 3.63) is 109 Å². The molecule has 5 heteroatoms. The molecule has 66 heavy (non-hydrogen) atoms. The first kappa shape index (κ1) is 62.6. The van der Waals surface area contributed by atoms with Crippen molar-refractivity contribution in [3.63, 3.8) is 0 Å². The fourth-order valence-electron chi connectivity index (χ4n) is 7.22. The van der Waals surface area contributed by atoms with Gasteiger partial charge < -0.3 is 14.2 Å². The van der Waals surface area contributed by atoms with E-state index in [0.29, 0.717) is 19.4 Å². The maximum absolute atomic E-state index is 12.6. The van der Waals surface area contributed by atoms with Gasteiger partial charge in [0.05, 0.1) is 0 Å². The topological polar surface area (TPSA) is 61.8 Å². The second-order valence-electron chi connectivity index (χ2n) is 17.7. The number of allylic oxidation sites excluding steroid dienone is 18. The average Bonchev–Trinajstić information content (AvgIpc) is 3.32. The molecule has 0 aliphatic carbocycles. The van der Waals surface area contributed by atoms with Crippen molar-refractivity contribution in [3.8, 4) is 0 Å². The third-order valence-electron chi connectivity index (χ3n) is 11.3. The van der Waals surface area contributed by atoms with Gasteiger partial charge in [-0.05, 0) is 96.3 Å². The highest BCUT2D eigenvalue weighted by Gasteiger charge is 2.15. The van der Waals surface area contributed by atoms with Gasteiger partial charge in [0, 0.05) is 19.4 Å². The van der Waals surface area contributed by atoms with E-state index in [4.69, 9.17) is 14.2 Å². The molecule has 0 heterocycles. The van der Waals surface area contributed by atoms with E-state index in [0.717, 1.165) is 89.9 Å². The minimum absolute atomic E-state index is 0.106. The van der Waals surface area contributed by atoms with Crippen LogP contribution in [0.5, 0.6) is 0 Å². The van der Waals surface area contributed by atoms with Crippen molar-refractivity contribution < 1.29 is 23.8 Å². The molecule has 5 nitrogen and oxygen atoms in total. The molecule has 0 rings (SSSR count). The first-order valence-electron chi connectivity index (χ1n) is 27.4. The molecule has 0 unspecified atom stereocenters. The summed E-state index contributed by atoms with van der Waals surface area (Å²) in [5.74, 6) is -0.464. The molecule has 0 saturated carbocycles. The molecule has 0 spiro atoms. The highest BCUT2D eigenvalue weighted by atomic mass is 16.6. The first-order chi connectivity index (χ1) is 32.6. The normalized spacial score (nSPS) is 13.1. The Morgan fingerprint density at radius 2 is 0.621 bits per heavy atom. The Hall–Kier alpha value is -3.44. The predicted molar refractivity (Wildman–Crippen MR) is 288 cm³/mol. The number of hydrogen-bond donors (Lipinski definition) is 0. The number of hydrogen-bond acceptors (Lipinski definition) is 5. The van der Waals surface area contributed by atoms with Gasteiger partial charge in [0.2, 0.25) is 0 Å². The second-order valence-corrected chi connectivity index (χ2v) is 17.7. The van der Waals surface area contributed by atoms with Crippen LogP contribution in [0.4, 0.5) is 0 Å². The van der Waals surface area contributed by atoms with Gasteiger partial charge in [0.1, 0.15) is 19.3 Å². The zero-order valence-corrected chi connectivity index (χ0v) is 43.2. The maximum atomic E-state index is 12.6. The summed E-state index contributed by atoms with van der Waals surface area (Å²) in [7, 11) is 0. The van der Waals surface area contributed by atoms with Gasteiger partial charge in [-0.25, -0.2) is 0 Å². The van der Waals surface area contributed by atoms with E-state index in [1.807, 2.05) is 0 Å². The lowest BCUT2D eigenvalue weighted by molar-refractivity contribution is -0.155. The van der Waals surface area contributed by atoms with Crippen molar-refractivity contribution in [2.24, 2.45) is 0 Å². The lowest BCUT2D eigenvalue weighted by Crippen LogP contribution is -2.29. The number of unbranched alkanes of at least 4 members (excludes halogenated alkanes) is 20. The van der Waals surface area contributed by atoms with Crippen LogP contribution in [-0.4, -0.2) is 37.9 Å². The first-order valence-corrected chi connectivity index (χ1v) is 27.4. The summed E-state index contributed by atoms with van der Waals surface area (Å²) in [6.07, 6.45) is 77.1. The molecule has 0 fully saturated rings. The van der Waals surface area contributed by atoms with E-state index in [9.17, 15) is 9.59 Å². The molecular formula is C61H102O5. The monoisotopic (exact) mass is 915 g/mol. The standard InChI is InChI=1S/C61H102O5/c1-4-7-10-13-16-19-22-25-28-31-33-36-39-42-45-48-51-54-60(62)65-57-59(64-56-53-50-47-44-41-38-35-30-27-24-21-18-15-12-9-6-3)58-66-61(63)55-52-49-46-43-40-37-34-32-29-26-23-20-17-14-11-8-5-2/h7,10,16-17,19-20,25-26,28-29,33-34,36-37,42-43,45-46,59H,4-6,8-9,11-15,18,21-24,27,30-32,35,38-41,44,47-58H2,1-3H3/b10-7-,19-16-,20-17-,28-25-,29-26-,36-33-,37-34-,45-42-,46-43-/t59-/m1/s1. The van der Waals surface area contributed by atoms with Crippen LogP contribution < -0.4 is 0 Å². The zero-order valence-electron chi connectivity index (χ0n) is 43.2. The number of carbonyl (C=O) groups excluding carboxylic acids is 2. The van der Waals surface area contributed by atoms with E-state index < -0.39 is 6.10 Å². The van der Waals surface area contributed by atoms with E-state index in [1.165, 1.54) is 116 Å². The van der Waals surface area contributed by atoms with Gasteiger partial charge in [0.15, 0.2) is 0 Å². The molecule has 0 radical (unpaired) electrons. The third kappa shape index (κ3) is 53.2. The number of rotatable bonds is 49. The van der Waals surface area contributed by atoms with Crippen LogP contribution in [0, 0.1) is 0 Å². The van der Waals surface area contributed by atoms with Gasteiger partial charge >= 0.3 is 11.9 Å². The number of carbonyl (C=O) groups is 2. The van der Waals surface area contributed by atoms with Crippen molar-refractivity contribution in [1.29, 1.82) is 0 Å². The van der Waals surface area contributed by atoms with Gasteiger partial charge in [-0.15, -0.1) is 0 Å². The quantitative estimate of drug-likeness (QED) is 0.0346. The molecule has 0 aromatic carbocycles. The highest BCUT2D eigenvalue weighted by Crippen LogP contribution is 2.14. The van der Waals surface area contributed by atoms with Gasteiger partial charge in [0.25, 0.3) is 0 Å². The molecule has 0 saturated heterocycles. The fourth-order valence-corrected chi connectivity index (χ4v) is 7.22.